The summed E-state index contributed by atoms with van der Waals surface area (Å²) in [4.78, 5) is 25.3. The van der Waals surface area contributed by atoms with Gasteiger partial charge in [-0.1, -0.05) is 0 Å². The van der Waals surface area contributed by atoms with E-state index in [1.54, 1.807) is 4.57 Å². The van der Waals surface area contributed by atoms with Crippen LogP contribution in [0.4, 0.5) is 5.95 Å². The quantitative estimate of drug-likeness (QED) is 0.537. The molecule has 0 aromatic carbocycles. The number of hydrogen-bond donors (Lipinski definition) is 4. The number of anilines is 1. The third-order valence-corrected chi connectivity index (χ3v) is 4.88. The average Bonchev–Trinajstić information content (AvgIpc) is 3.15. The maximum atomic E-state index is 12.1. The lowest BCUT2D eigenvalue weighted by Gasteiger charge is -2.30. The molecule has 10 heteroatoms. The van der Waals surface area contributed by atoms with Crippen molar-refractivity contribution in [2.75, 3.05) is 24.6 Å². The molecule has 2 fully saturated rings. The highest BCUT2D eigenvalue weighted by Gasteiger charge is 2.45. The Kier molecular flexibility index (Phi) is 4.20. The summed E-state index contributed by atoms with van der Waals surface area (Å²) in [6, 6.07) is 0. The van der Waals surface area contributed by atoms with Gasteiger partial charge in [-0.25, -0.2) is 9.97 Å². The number of aromatic nitrogens is 4. The summed E-state index contributed by atoms with van der Waals surface area (Å²) in [6.45, 7) is 1.13. The van der Waals surface area contributed by atoms with Gasteiger partial charge in [-0.15, -0.1) is 0 Å². The van der Waals surface area contributed by atoms with E-state index in [-0.39, 0.29) is 16.7 Å². The molecule has 25 heavy (non-hydrogen) atoms. The number of hydrogen-bond acceptors (Lipinski definition) is 8. The van der Waals surface area contributed by atoms with Crippen molar-refractivity contribution in [3.05, 3.63) is 16.7 Å². The van der Waals surface area contributed by atoms with Crippen molar-refractivity contribution >= 4 is 17.1 Å². The van der Waals surface area contributed by atoms with Crippen LogP contribution in [0.2, 0.25) is 0 Å². The van der Waals surface area contributed by atoms with E-state index >= 15 is 0 Å². The summed E-state index contributed by atoms with van der Waals surface area (Å²) in [5, 5.41) is 29.8. The van der Waals surface area contributed by atoms with Crippen LogP contribution in [0.25, 0.3) is 11.2 Å². The van der Waals surface area contributed by atoms with Crippen LogP contribution in [-0.4, -0.2) is 72.8 Å². The highest BCUT2D eigenvalue weighted by Crippen LogP contribution is 2.35. The Morgan fingerprint density at radius 2 is 2.00 bits per heavy atom. The number of nitrogens with one attached hydrogen (secondary N) is 1. The molecule has 0 unspecified atom stereocenters. The predicted molar refractivity (Wildman–Crippen MR) is 87.2 cm³/mol. The molecule has 4 atom stereocenters. The van der Waals surface area contributed by atoms with Gasteiger partial charge in [0.05, 0.1) is 12.9 Å². The summed E-state index contributed by atoms with van der Waals surface area (Å²) in [7, 11) is 0. The Bertz CT molecular complexity index is 814. The van der Waals surface area contributed by atoms with Gasteiger partial charge in [-0.3, -0.25) is 9.36 Å². The zero-order valence-corrected chi connectivity index (χ0v) is 13.6. The molecule has 2 aromatic heterocycles. The second-order valence-electron chi connectivity index (χ2n) is 6.46. The largest absolute Gasteiger partial charge is 0.394 e. The zero-order chi connectivity index (χ0) is 17.6. The summed E-state index contributed by atoms with van der Waals surface area (Å²) >= 11 is 0. The minimum absolute atomic E-state index is 0.154. The van der Waals surface area contributed by atoms with Crippen LogP contribution < -0.4 is 10.5 Å². The second kappa shape index (κ2) is 6.37. The highest BCUT2D eigenvalue weighted by atomic mass is 16.6. The Balaban J connectivity index is 1.86. The van der Waals surface area contributed by atoms with Gasteiger partial charge in [0.1, 0.15) is 18.3 Å². The highest BCUT2D eigenvalue weighted by molar-refractivity contribution is 5.73. The van der Waals surface area contributed by atoms with Crippen LogP contribution in [0, 0.1) is 0 Å². The van der Waals surface area contributed by atoms with Crippen LogP contribution in [0.15, 0.2) is 11.1 Å². The van der Waals surface area contributed by atoms with Crippen molar-refractivity contribution in [2.24, 2.45) is 0 Å². The van der Waals surface area contributed by atoms with Crippen molar-refractivity contribution in [3.63, 3.8) is 0 Å². The van der Waals surface area contributed by atoms with Gasteiger partial charge in [0.15, 0.2) is 17.4 Å². The third-order valence-electron chi connectivity index (χ3n) is 4.88. The molecule has 2 saturated heterocycles. The van der Waals surface area contributed by atoms with E-state index in [0.29, 0.717) is 5.95 Å². The first-order valence-electron chi connectivity index (χ1n) is 8.45. The lowest BCUT2D eigenvalue weighted by Crippen LogP contribution is -2.35. The Labute approximate surface area is 142 Å². The van der Waals surface area contributed by atoms with Gasteiger partial charge in [0.25, 0.3) is 5.56 Å². The fraction of sp³-hybridized carbons (Fsp3) is 0.667. The van der Waals surface area contributed by atoms with Crippen molar-refractivity contribution in [2.45, 2.75) is 43.8 Å². The minimum Gasteiger partial charge on any atom is -0.394 e. The van der Waals surface area contributed by atoms with E-state index in [1.807, 2.05) is 4.90 Å². The van der Waals surface area contributed by atoms with Gasteiger partial charge in [0, 0.05) is 13.1 Å². The summed E-state index contributed by atoms with van der Waals surface area (Å²) in [5.74, 6) is 0.480. The molecule has 2 aromatic rings. The van der Waals surface area contributed by atoms with Crippen LogP contribution in [0.3, 0.4) is 0 Å². The lowest BCUT2D eigenvalue weighted by atomic mass is 10.1. The fourth-order valence-corrected chi connectivity index (χ4v) is 3.55. The maximum absolute atomic E-state index is 12.1. The van der Waals surface area contributed by atoms with Crippen molar-refractivity contribution < 1.29 is 20.1 Å². The lowest BCUT2D eigenvalue weighted by molar-refractivity contribution is -0.0504. The van der Waals surface area contributed by atoms with E-state index in [4.69, 9.17) is 4.74 Å². The maximum Gasteiger partial charge on any atom is 0.278 e. The first kappa shape index (κ1) is 16.5. The molecule has 10 nitrogen and oxygen atoms in total. The summed E-state index contributed by atoms with van der Waals surface area (Å²) < 4.78 is 7.21. The number of aromatic amines is 1. The Morgan fingerprint density at radius 1 is 1.24 bits per heavy atom. The molecule has 0 aliphatic carbocycles. The molecule has 0 radical (unpaired) electrons. The molecule has 4 heterocycles. The topological polar surface area (TPSA) is 137 Å². The molecule has 2 aliphatic rings. The molecule has 2 aliphatic heterocycles. The van der Waals surface area contributed by atoms with Gasteiger partial charge < -0.3 is 29.9 Å². The van der Waals surface area contributed by atoms with Gasteiger partial charge in [-0.05, 0) is 19.3 Å². The molecule has 0 saturated carbocycles. The molecule has 0 amide bonds. The van der Waals surface area contributed by atoms with E-state index in [2.05, 4.69) is 15.0 Å². The number of aliphatic hydroxyl groups is 3. The molecular weight excluding hydrogens is 330 g/mol. The smallest absolute Gasteiger partial charge is 0.278 e. The molecule has 0 bridgehead atoms. The third kappa shape index (κ3) is 2.61. The van der Waals surface area contributed by atoms with E-state index < -0.39 is 31.1 Å². The van der Waals surface area contributed by atoms with Crippen LogP contribution >= 0.6 is 0 Å². The number of rotatable bonds is 3. The first-order chi connectivity index (χ1) is 12.1. The van der Waals surface area contributed by atoms with Crippen molar-refractivity contribution in [1.29, 1.82) is 0 Å². The van der Waals surface area contributed by atoms with E-state index in [0.717, 1.165) is 32.4 Å². The average molecular weight is 351 g/mol. The number of piperidine rings is 1. The zero-order valence-electron chi connectivity index (χ0n) is 13.6. The minimum atomic E-state index is -1.26. The molecule has 136 valence electrons. The molecule has 4 rings (SSSR count). The predicted octanol–water partition coefficient (Wildman–Crippen LogP) is -1.28. The Morgan fingerprint density at radius 3 is 2.68 bits per heavy atom. The van der Waals surface area contributed by atoms with Crippen LogP contribution in [0.1, 0.15) is 25.5 Å². The molecule has 0 spiro atoms. The number of fused-ring (bicyclic) bond motifs is 1. The number of nitrogens with zero attached hydrogens (tertiary/aromatic N) is 4. The fourth-order valence-electron chi connectivity index (χ4n) is 3.55. The van der Waals surface area contributed by atoms with Gasteiger partial charge in [-0.2, -0.15) is 0 Å². The van der Waals surface area contributed by atoms with Crippen LogP contribution in [0.5, 0.6) is 0 Å². The molecule has 4 N–H and O–H groups in total. The number of imidazole rings is 1. The Hall–Kier alpha value is -2.01. The number of aliphatic hydroxyl groups excluding tert-OH is 3. The van der Waals surface area contributed by atoms with Crippen molar-refractivity contribution in [1.82, 2.24) is 19.5 Å². The van der Waals surface area contributed by atoms with Gasteiger partial charge in [0.2, 0.25) is 5.95 Å². The van der Waals surface area contributed by atoms with E-state index in [9.17, 15) is 20.1 Å². The number of ether oxygens (including phenoxy) is 1. The SMILES string of the molecule is O=c1[nH]cnc2c1nc(N1CCCCC1)n2[C@H]1O[C@@H](CO)[C@H](O)[C@H]1O. The van der Waals surface area contributed by atoms with Crippen molar-refractivity contribution in [3.8, 4) is 0 Å². The normalized spacial score (nSPS) is 30.3. The van der Waals surface area contributed by atoms with Crippen LogP contribution in [-0.2, 0) is 4.74 Å². The molecular formula is C15H21N5O5. The standard InChI is InChI=1S/C15H21N5O5/c21-6-8-10(22)11(23)14(25-8)20-12-9(13(24)17-7-16-12)18-15(20)19-4-2-1-3-5-19/h7-8,10-11,14,21-23H,1-6H2,(H,16,17,24)/t8-,10-,11+,14-/m0/s1. The first-order valence-corrected chi connectivity index (χ1v) is 8.45. The summed E-state index contributed by atoms with van der Waals surface area (Å²) in [6.07, 6.45) is 0.0132. The van der Waals surface area contributed by atoms with Gasteiger partial charge >= 0.3 is 0 Å². The number of H-pyrrole nitrogens is 1. The summed E-state index contributed by atoms with van der Waals surface area (Å²) in [5.41, 5.74) is 0.0497. The monoisotopic (exact) mass is 351 g/mol. The van der Waals surface area contributed by atoms with E-state index in [1.165, 1.54) is 6.33 Å². The second-order valence-corrected chi connectivity index (χ2v) is 6.46.